The summed E-state index contributed by atoms with van der Waals surface area (Å²) in [5, 5.41) is 6.91. The van der Waals surface area contributed by atoms with E-state index >= 15 is 0 Å². The van der Waals surface area contributed by atoms with Gasteiger partial charge in [0.15, 0.2) is 5.78 Å². The number of halogens is 1. The van der Waals surface area contributed by atoms with Crippen molar-refractivity contribution in [3.8, 4) is 0 Å². The van der Waals surface area contributed by atoms with E-state index in [-0.39, 0.29) is 5.78 Å². The lowest BCUT2D eigenvalue weighted by atomic mass is 9.88. The Morgan fingerprint density at radius 3 is 1.88 bits per heavy atom. The van der Waals surface area contributed by atoms with E-state index in [2.05, 4.69) is 96.4 Å². The maximum absolute atomic E-state index is 13.2. The summed E-state index contributed by atoms with van der Waals surface area (Å²) in [6.07, 6.45) is 13.8. The van der Waals surface area contributed by atoms with Crippen LogP contribution in [0.15, 0.2) is 152 Å². The molecule has 0 saturated heterocycles. The van der Waals surface area contributed by atoms with Crippen LogP contribution in [0.5, 0.6) is 0 Å². The highest BCUT2D eigenvalue weighted by Crippen LogP contribution is 2.25. The lowest BCUT2D eigenvalue weighted by Gasteiger charge is -2.31. The number of fused-ring (bicyclic) bond motifs is 1. The average molecular weight is 568 g/mol. The van der Waals surface area contributed by atoms with Crippen molar-refractivity contribution in [3.05, 3.63) is 179 Å². The Morgan fingerprint density at radius 1 is 0.667 bits per heavy atom. The van der Waals surface area contributed by atoms with E-state index < -0.39 is 5.54 Å². The molecule has 208 valence electrons. The van der Waals surface area contributed by atoms with E-state index in [1.165, 1.54) is 16.3 Å². The summed E-state index contributed by atoms with van der Waals surface area (Å²) >= 11 is 6.07. The molecule has 5 aromatic rings. The van der Waals surface area contributed by atoms with Gasteiger partial charge in [-0.3, -0.25) is 4.79 Å². The lowest BCUT2D eigenvalue weighted by molar-refractivity contribution is 0.104. The Bertz CT molecular complexity index is 1630. The van der Waals surface area contributed by atoms with E-state index in [4.69, 9.17) is 11.6 Å². The minimum Gasteiger partial charge on any atom is -0.303 e. The van der Waals surface area contributed by atoms with Gasteiger partial charge in [-0.2, -0.15) is 0 Å². The quantitative estimate of drug-likeness (QED) is 0.120. The van der Waals surface area contributed by atoms with Gasteiger partial charge < -0.3 is 5.32 Å². The largest absolute Gasteiger partial charge is 0.303 e. The first-order valence-corrected chi connectivity index (χ1v) is 14.6. The second-order valence-corrected chi connectivity index (χ2v) is 10.8. The van der Waals surface area contributed by atoms with Gasteiger partial charge in [0.2, 0.25) is 0 Å². The predicted octanol–water partition coefficient (Wildman–Crippen LogP) is 9.97. The molecule has 0 saturated carbocycles. The van der Waals surface area contributed by atoms with Gasteiger partial charge in [0.1, 0.15) is 0 Å². The third-order valence-electron chi connectivity index (χ3n) is 7.38. The van der Waals surface area contributed by atoms with Gasteiger partial charge >= 0.3 is 0 Å². The Balaban J connectivity index is 1.49. The monoisotopic (exact) mass is 567 g/mol. The number of allylic oxidation sites excluding steroid dienone is 1. The van der Waals surface area contributed by atoms with E-state index in [1.54, 1.807) is 30.3 Å². The number of hydrogen-bond donors (Lipinski definition) is 1. The fourth-order valence-electron chi connectivity index (χ4n) is 5.03. The van der Waals surface area contributed by atoms with Crippen molar-refractivity contribution in [1.29, 1.82) is 0 Å². The highest BCUT2D eigenvalue weighted by atomic mass is 35.5. The first kappa shape index (κ1) is 29.0. The number of ketones is 1. The number of nitrogens with one attached hydrogen (secondary N) is 1. The molecule has 0 bridgehead atoms. The fourth-order valence-corrected chi connectivity index (χ4v) is 5.15. The zero-order chi connectivity index (χ0) is 29.0. The Hall–Kier alpha value is -4.50. The molecule has 0 heterocycles. The van der Waals surface area contributed by atoms with Crippen molar-refractivity contribution in [2.24, 2.45) is 0 Å². The maximum atomic E-state index is 13.2. The second-order valence-electron chi connectivity index (χ2n) is 10.4. The van der Waals surface area contributed by atoms with Crippen molar-refractivity contribution in [2.75, 3.05) is 0 Å². The van der Waals surface area contributed by atoms with E-state index in [9.17, 15) is 4.79 Å². The van der Waals surface area contributed by atoms with Crippen LogP contribution in [0.2, 0.25) is 5.02 Å². The number of carbonyl (C=O) groups is 1. The summed E-state index contributed by atoms with van der Waals surface area (Å²) in [6, 6.07) is 42.5. The molecule has 0 aliphatic rings. The number of rotatable bonds is 12. The van der Waals surface area contributed by atoms with E-state index in [0.29, 0.717) is 30.0 Å². The lowest BCUT2D eigenvalue weighted by Crippen LogP contribution is -2.42. The number of carbonyl (C=O) groups excluding carboxylic acids is 1. The van der Waals surface area contributed by atoms with Gasteiger partial charge in [-0.05, 0) is 70.6 Å². The van der Waals surface area contributed by atoms with Crippen LogP contribution < -0.4 is 5.32 Å². The molecule has 1 N–H and O–H groups in total. The van der Waals surface area contributed by atoms with Crippen LogP contribution in [-0.4, -0.2) is 11.3 Å². The summed E-state index contributed by atoms with van der Waals surface area (Å²) < 4.78 is 0. The molecule has 5 rings (SSSR count). The SMILES string of the molecule is O=C(/C=C/C(C/C=C/c1ccccc1)(C/C=C/c1ccccc1)NCc1cccc2ccccc12)c1ccc(Cl)cc1. The second kappa shape index (κ2) is 14.4. The molecule has 0 amide bonds. The van der Waals surface area contributed by atoms with E-state index in [0.717, 1.165) is 11.1 Å². The van der Waals surface area contributed by atoms with Crippen LogP contribution in [0.25, 0.3) is 22.9 Å². The fraction of sp³-hybridized carbons (Fsp3) is 0.103. The topological polar surface area (TPSA) is 29.1 Å². The van der Waals surface area contributed by atoms with Crippen molar-refractivity contribution in [3.63, 3.8) is 0 Å². The standard InChI is InChI=1S/C39H34ClNO/c40-36-24-22-34(23-25-36)38(42)26-29-39(27-10-16-31-12-3-1-4-13-31,28-11-17-32-14-5-2-6-15-32)41-30-35-20-9-19-33-18-7-8-21-37(33)35/h1-26,29,41H,27-28,30H2/b16-10+,17-11+,29-26+. The average Bonchev–Trinajstić information content (AvgIpc) is 3.04. The highest BCUT2D eigenvalue weighted by molar-refractivity contribution is 6.30. The molecule has 0 aromatic heterocycles. The summed E-state index contributed by atoms with van der Waals surface area (Å²) in [6.45, 7) is 0.652. The summed E-state index contributed by atoms with van der Waals surface area (Å²) in [5.41, 5.74) is 3.59. The molecular formula is C39H34ClNO. The van der Waals surface area contributed by atoms with Crippen molar-refractivity contribution < 1.29 is 4.79 Å². The normalized spacial score (nSPS) is 12.1. The van der Waals surface area contributed by atoms with Crippen LogP contribution in [0.4, 0.5) is 0 Å². The molecule has 0 spiro atoms. The maximum Gasteiger partial charge on any atom is 0.185 e. The molecule has 0 aliphatic carbocycles. The zero-order valence-corrected chi connectivity index (χ0v) is 24.3. The predicted molar refractivity (Wildman–Crippen MR) is 179 cm³/mol. The molecule has 0 atom stereocenters. The van der Waals surface area contributed by atoms with Crippen molar-refractivity contribution in [1.82, 2.24) is 5.32 Å². The number of hydrogen-bond acceptors (Lipinski definition) is 2. The van der Waals surface area contributed by atoms with Gasteiger partial charge in [0.25, 0.3) is 0 Å². The Labute approximate surface area is 253 Å². The molecule has 42 heavy (non-hydrogen) atoms. The Kier molecular flexibility index (Phi) is 9.95. The smallest absolute Gasteiger partial charge is 0.185 e. The summed E-state index contributed by atoms with van der Waals surface area (Å²) in [7, 11) is 0. The van der Waals surface area contributed by atoms with Crippen molar-refractivity contribution >= 4 is 40.3 Å². The molecular weight excluding hydrogens is 534 g/mol. The third kappa shape index (κ3) is 8.04. The van der Waals surface area contributed by atoms with E-state index in [1.807, 2.05) is 42.5 Å². The van der Waals surface area contributed by atoms with Crippen LogP contribution in [-0.2, 0) is 6.54 Å². The van der Waals surface area contributed by atoms with Gasteiger partial charge in [0, 0.05) is 22.7 Å². The first-order chi connectivity index (χ1) is 20.6. The molecule has 0 aliphatic heterocycles. The van der Waals surface area contributed by atoms with Crippen LogP contribution in [0, 0.1) is 0 Å². The minimum atomic E-state index is -0.518. The van der Waals surface area contributed by atoms with Gasteiger partial charge in [-0.25, -0.2) is 0 Å². The summed E-state index contributed by atoms with van der Waals surface area (Å²) in [5.74, 6) is -0.0536. The van der Waals surface area contributed by atoms with Gasteiger partial charge in [-0.15, -0.1) is 0 Å². The van der Waals surface area contributed by atoms with Crippen molar-refractivity contribution in [2.45, 2.75) is 24.9 Å². The van der Waals surface area contributed by atoms with Crippen LogP contribution >= 0.6 is 11.6 Å². The van der Waals surface area contributed by atoms with Crippen LogP contribution in [0.1, 0.15) is 39.9 Å². The van der Waals surface area contributed by atoms with Crippen LogP contribution in [0.3, 0.4) is 0 Å². The molecule has 3 heteroatoms. The first-order valence-electron chi connectivity index (χ1n) is 14.2. The molecule has 0 radical (unpaired) electrons. The molecule has 0 fully saturated rings. The molecule has 5 aromatic carbocycles. The number of benzene rings is 5. The minimum absolute atomic E-state index is 0.0536. The highest BCUT2D eigenvalue weighted by Gasteiger charge is 2.25. The molecule has 2 nitrogen and oxygen atoms in total. The van der Waals surface area contributed by atoms with Gasteiger partial charge in [-0.1, -0.05) is 145 Å². The zero-order valence-electron chi connectivity index (χ0n) is 23.5. The Morgan fingerprint density at radius 2 is 1.24 bits per heavy atom. The molecule has 0 unspecified atom stereocenters. The summed E-state index contributed by atoms with van der Waals surface area (Å²) in [4.78, 5) is 13.2. The van der Waals surface area contributed by atoms with Gasteiger partial charge in [0.05, 0.1) is 0 Å². The third-order valence-corrected chi connectivity index (χ3v) is 7.63.